The summed E-state index contributed by atoms with van der Waals surface area (Å²) in [4.78, 5) is 27.7. The summed E-state index contributed by atoms with van der Waals surface area (Å²) in [5.41, 5.74) is 2.56. The molecule has 1 fully saturated rings. The average molecular weight is 443 g/mol. The number of likely N-dealkylation sites (tertiary alicyclic amines) is 1. The maximum Gasteiger partial charge on any atom is 0.295 e. The van der Waals surface area contributed by atoms with Crippen LogP contribution in [-0.4, -0.2) is 34.3 Å². The second-order valence-corrected chi connectivity index (χ2v) is 8.63. The van der Waals surface area contributed by atoms with E-state index in [0.29, 0.717) is 30.0 Å². The number of hydrogen-bond acceptors (Lipinski definition) is 5. The number of ether oxygens (including phenoxy) is 1. The first-order valence-corrected chi connectivity index (χ1v) is 11.1. The van der Waals surface area contributed by atoms with Gasteiger partial charge in [0.1, 0.15) is 35.2 Å². The number of amides is 1. The van der Waals surface area contributed by atoms with Crippen molar-refractivity contribution >= 4 is 17.4 Å². The quantitative estimate of drug-likeness (QED) is 0.355. The zero-order valence-electron chi connectivity index (χ0n) is 18.6. The number of hydrogen-bond donors (Lipinski definition) is 1. The number of aliphatic hydroxyl groups is 1. The number of aryl methyl sites for hydroxylation is 1. The number of fused-ring (bicyclic) bond motifs is 1. The molecule has 0 spiro atoms. The highest BCUT2D eigenvalue weighted by Crippen LogP contribution is 2.41. The van der Waals surface area contributed by atoms with Crippen molar-refractivity contribution in [3.05, 3.63) is 94.4 Å². The highest BCUT2D eigenvalue weighted by Gasteiger charge is 2.47. The molecule has 1 amide bonds. The van der Waals surface area contributed by atoms with Gasteiger partial charge in [0.25, 0.3) is 11.7 Å². The van der Waals surface area contributed by atoms with E-state index in [1.165, 1.54) is 4.90 Å². The normalized spacial score (nSPS) is 21.3. The molecule has 2 aliphatic heterocycles. The van der Waals surface area contributed by atoms with E-state index in [-0.39, 0.29) is 17.4 Å². The van der Waals surface area contributed by atoms with Crippen molar-refractivity contribution < 1.29 is 23.8 Å². The Kier molecular flexibility index (Phi) is 5.29. The van der Waals surface area contributed by atoms with Gasteiger partial charge in [-0.25, -0.2) is 0 Å². The number of rotatable bonds is 5. The molecule has 0 unspecified atom stereocenters. The molecule has 1 N–H and O–H groups in total. The summed E-state index contributed by atoms with van der Waals surface area (Å²) in [6, 6.07) is 17.9. The van der Waals surface area contributed by atoms with Gasteiger partial charge in [0, 0.05) is 18.5 Å². The molecule has 1 saturated heterocycles. The molecule has 6 nitrogen and oxygen atoms in total. The Labute approximate surface area is 192 Å². The van der Waals surface area contributed by atoms with Crippen molar-refractivity contribution in [1.29, 1.82) is 0 Å². The number of carbonyl (C=O) groups is 2. The van der Waals surface area contributed by atoms with Gasteiger partial charge in [-0.05, 0) is 61.7 Å². The summed E-state index contributed by atoms with van der Waals surface area (Å²) in [6.45, 7) is 4.11. The third-order valence-corrected chi connectivity index (χ3v) is 6.22. The molecule has 0 saturated carbocycles. The summed E-state index contributed by atoms with van der Waals surface area (Å²) in [5, 5.41) is 11.2. The van der Waals surface area contributed by atoms with Crippen LogP contribution >= 0.6 is 0 Å². The van der Waals surface area contributed by atoms with E-state index in [2.05, 4.69) is 0 Å². The fourth-order valence-electron chi connectivity index (χ4n) is 4.63. The Hall–Kier alpha value is -3.80. The molecular formula is C27H25NO5. The molecule has 1 aromatic heterocycles. The van der Waals surface area contributed by atoms with E-state index in [4.69, 9.17) is 9.15 Å². The monoisotopic (exact) mass is 443 g/mol. The van der Waals surface area contributed by atoms with Crippen LogP contribution in [-0.2, 0) is 22.4 Å². The van der Waals surface area contributed by atoms with Crippen molar-refractivity contribution in [2.75, 3.05) is 6.54 Å². The Balaban J connectivity index is 1.55. The highest BCUT2D eigenvalue weighted by atomic mass is 16.5. The summed E-state index contributed by atoms with van der Waals surface area (Å²) < 4.78 is 11.6. The summed E-state index contributed by atoms with van der Waals surface area (Å²) in [6.07, 6.45) is 1.37. The molecule has 33 heavy (non-hydrogen) atoms. The van der Waals surface area contributed by atoms with Crippen LogP contribution in [0.2, 0.25) is 0 Å². The fourth-order valence-corrected chi connectivity index (χ4v) is 4.63. The minimum Gasteiger partial charge on any atom is -0.507 e. The van der Waals surface area contributed by atoms with Crippen molar-refractivity contribution in [2.24, 2.45) is 0 Å². The molecule has 0 bridgehead atoms. The van der Waals surface area contributed by atoms with Gasteiger partial charge in [0.05, 0.1) is 5.57 Å². The van der Waals surface area contributed by atoms with Crippen molar-refractivity contribution in [3.8, 4) is 5.75 Å². The molecule has 2 aromatic carbocycles. The SMILES string of the molecule is Cc1ccc([C@@H]2/C(=C(\O)c3ccc4c(c3)C[C@@H](C)O4)C(=O)C(=O)N2CCc2ccccc2)o1. The maximum absolute atomic E-state index is 13.1. The van der Waals surface area contributed by atoms with Gasteiger partial charge in [0.15, 0.2) is 0 Å². The third kappa shape index (κ3) is 3.82. The van der Waals surface area contributed by atoms with Crippen LogP contribution in [0.4, 0.5) is 0 Å². The lowest BCUT2D eigenvalue weighted by Crippen LogP contribution is -2.31. The van der Waals surface area contributed by atoms with Crippen LogP contribution in [0.25, 0.3) is 5.76 Å². The molecule has 3 heterocycles. The van der Waals surface area contributed by atoms with Crippen LogP contribution in [0.15, 0.2) is 70.7 Å². The first kappa shape index (κ1) is 21.1. The van der Waals surface area contributed by atoms with Crippen molar-refractivity contribution in [1.82, 2.24) is 4.90 Å². The number of furan rings is 1. The minimum atomic E-state index is -0.786. The van der Waals surface area contributed by atoms with Crippen molar-refractivity contribution in [3.63, 3.8) is 0 Å². The van der Waals surface area contributed by atoms with Gasteiger partial charge < -0.3 is 19.2 Å². The molecule has 168 valence electrons. The predicted octanol–water partition coefficient (Wildman–Crippen LogP) is 4.58. The smallest absolute Gasteiger partial charge is 0.295 e. The molecule has 2 atom stereocenters. The molecule has 3 aromatic rings. The standard InChI is InChI=1S/C27H25NO5/c1-16-8-10-22(32-16)24-23(25(29)19-9-11-21-20(15-19)14-17(2)33-21)26(30)27(31)28(24)13-12-18-6-4-3-5-7-18/h3-11,15,17,24,29H,12-14H2,1-2H3/b25-23+/t17-,24-/m1/s1. The van der Waals surface area contributed by atoms with Gasteiger partial charge in [-0.15, -0.1) is 0 Å². The Bertz CT molecular complexity index is 1260. The Morgan fingerprint density at radius 1 is 1.09 bits per heavy atom. The first-order chi connectivity index (χ1) is 15.9. The highest BCUT2D eigenvalue weighted by molar-refractivity contribution is 6.46. The number of benzene rings is 2. The van der Waals surface area contributed by atoms with Crippen LogP contribution in [0.1, 0.15) is 41.2 Å². The maximum atomic E-state index is 13.1. The zero-order chi connectivity index (χ0) is 23.1. The van der Waals surface area contributed by atoms with Gasteiger partial charge in [-0.3, -0.25) is 9.59 Å². The molecule has 2 aliphatic rings. The topological polar surface area (TPSA) is 80.0 Å². The first-order valence-electron chi connectivity index (χ1n) is 11.1. The number of nitrogens with zero attached hydrogens (tertiary/aromatic N) is 1. The predicted molar refractivity (Wildman–Crippen MR) is 123 cm³/mol. The van der Waals surface area contributed by atoms with Gasteiger partial charge in [0.2, 0.25) is 0 Å². The lowest BCUT2D eigenvalue weighted by atomic mass is 9.97. The van der Waals surface area contributed by atoms with Crippen LogP contribution in [0.3, 0.4) is 0 Å². The number of ketones is 1. The van der Waals surface area contributed by atoms with E-state index >= 15 is 0 Å². The largest absolute Gasteiger partial charge is 0.507 e. The van der Waals surface area contributed by atoms with Gasteiger partial charge in [-0.1, -0.05) is 30.3 Å². The second-order valence-electron chi connectivity index (χ2n) is 8.63. The van der Waals surface area contributed by atoms with Crippen molar-refractivity contribution in [2.45, 2.75) is 38.8 Å². The van der Waals surface area contributed by atoms with Gasteiger partial charge >= 0.3 is 0 Å². The van der Waals surface area contributed by atoms with Gasteiger partial charge in [-0.2, -0.15) is 0 Å². The van der Waals surface area contributed by atoms with E-state index in [0.717, 1.165) is 23.3 Å². The lowest BCUT2D eigenvalue weighted by Gasteiger charge is -2.23. The fraction of sp³-hybridized carbons (Fsp3) is 0.259. The second kappa shape index (κ2) is 8.28. The van der Waals surface area contributed by atoms with E-state index in [1.54, 1.807) is 31.2 Å². The Morgan fingerprint density at radius 3 is 2.61 bits per heavy atom. The molecule has 0 radical (unpaired) electrons. The third-order valence-electron chi connectivity index (χ3n) is 6.22. The number of Topliss-reactive ketones (excluding diaryl/α,β-unsaturated/α-hetero) is 1. The molecule has 5 rings (SSSR count). The van der Waals surface area contributed by atoms with Crippen LogP contribution < -0.4 is 4.74 Å². The summed E-state index contributed by atoms with van der Waals surface area (Å²) >= 11 is 0. The van der Waals surface area contributed by atoms with Crippen LogP contribution in [0.5, 0.6) is 5.75 Å². The average Bonchev–Trinajstić information content (AvgIpc) is 3.47. The van der Waals surface area contributed by atoms with Crippen LogP contribution in [0, 0.1) is 6.92 Å². The zero-order valence-corrected chi connectivity index (χ0v) is 18.6. The molecule has 6 heteroatoms. The molecular weight excluding hydrogens is 418 g/mol. The van der Waals surface area contributed by atoms with E-state index < -0.39 is 17.7 Å². The summed E-state index contributed by atoms with van der Waals surface area (Å²) in [5.74, 6) is 0.369. The summed E-state index contributed by atoms with van der Waals surface area (Å²) in [7, 11) is 0. The number of carbonyl (C=O) groups excluding carboxylic acids is 2. The van der Waals surface area contributed by atoms with E-state index in [1.807, 2.05) is 43.3 Å². The van der Waals surface area contributed by atoms with E-state index in [9.17, 15) is 14.7 Å². The minimum absolute atomic E-state index is 0.0503. The number of aliphatic hydroxyl groups excluding tert-OH is 1. The Morgan fingerprint density at radius 2 is 1.88 bits per heavy atom. The lowest BCUT2D eigenvalue weighted by molar-refractivity contribution is -0.140. The molecule has 0 aliphatic carbocycles.